The third-order valence-electron chi connectivity index (χ3n) is 3.29. The number of rotatable bonds is 1. The molecule has 1 unspecified atom stereocenters. The minimum Gasteiger partial charge on any atom is -0.311 e. The van der Waals surface area contributed by atoms with Crippen LogP contribution in [0.25, 0.3) is 11.4 Å². The monoisotopic (exact) mass is 291 g/mol. The van der Waals surface area contributed by atoms with Gasteiger partial charge in [-0.2, -0.15) is 0 Å². The first-order valence-electron chi connectivity index (χ1n) is 5.92. The Labute approximate surface area is 109 Å². The maximum absolute atomic E-state index is 4.34. The van der Waals surface area contributed by atoms with Gasteiger partial charge in [-0.3, -0.25) is 0 Å². The third-order valence-corrected chi connectivity index (χ3v) is 3.78. The Hall–Kier alpha value is -1.16. The largest absolute Gasteiger partial charge is 0.311 e. The van der Waals surface area contributed by atoms with E-state index in [1.54, 1.807) is 0 Å². The molecule has 2 heterocycles. The van der Waals surface area contributed by atoms with E-state index in [4.69, 9.17) is 0 Å². The first-order valence-corrected chi connectivity index (χ1v) is 6.71. The molecule has 3 rings (SSSR count). The van der Waals surface area contributed by atoms with Crippen molar-refractivity contribution >= 4 is 15.9 Å². The Morgan fingerprint density at radius 2 is 2.24 bits per heavy atom. The summed E-state index contributed by atoms with van der Waals surface area (Å²) in [6.07, 6.45) is 2.26. The molecule has 2 aromatic rings. The van der Waals surface area contributed by atoms with E-state index >= 15 is 0 Å². The summed E-state index contributed by atoms with van der Waals surface area (Å²) in [7, 11) is 0. The molecule has 0 aliphatic carbocycles. The highest BCUT2D eigenvalue weighted by Crippen LogP contribution is 2.26. The quantitative estimate of drug-likeness (QED) is 0.807. The molecule has 0 amide bonds. The highest BCUT2D eigenvalue weighted by Gasteiger charge is 2.20. The lowest BCUT2D eigenvalue weighted by atomic mass is 10.00. The van der Waals surface area contributed by atoms with E-state index in [1.165, 1.54) is 6.42 Å². The fraction of sp³-hybridized carbons (Fsp3) is 0.385. The minimum atomic E-state index is 0.724. The lowest BCUT2D eigenvalue weighted by molar-refractivity contribution is 0.411. The smallest absolute Gasteiger partial charge is 0.163 e. The normalized spacial score (nSPS) is 19.1. The molecule has 0 spiro atoms. The van der Waals surface area contributed by atoms with E-state index in [0.717, 1.165) is 40.6 Å². The van der Waals surface area contributed by atoms with Crippen LogP contribution in [0.5, 0.6) is 0 Å². The standard InChI is InChI=1S/C13H14BrN3/c1-9-5-6-17-12(7-9)15-16-13(17)10-3-2-4-11(14)8-10/h2-4,8-9H,5-7H2,1H3. The van der Waals surface area contributed by atoms with Crippen LogP contribution in [0.2, 0.25) is 0 Å². The molecule has 1 aliphatic heterocycles. The minimum absolute atomic E-state index is 0.724. The van der Waals surface area contributed by atoms with E-state index in [-0.39, 0.29) is 0 Å². The summed E-state index contributed by atoms with van der Waals surface area (Å²) in [5.74, 6) is 2.84. The highest BCUT2D eigenvalue weighted by molar-refractivity contribution is 9.10. The predicted molar refractivity (Wildman–Crippen MR) is 70.6 cm³/mol. The number of aromatic nitrogens is 3. The van der Waals surface area contributed by atoms with Gasteiger partial charge in [0, 0.05) is 23.0 Å². The number of hydrogen-bond acceptors (Lipinski definition) is 2. The second-order valence-corrected chi connectivity index (χ2v) is 5.62. The fourth-order valence-electron chi connectivity index (χ4n) is 2.33. The van der Waals surface area contributed by atoms with Crippen LogP contribution < -0.4 is 0 Å². The average molecular weight is 292 g/mol. The zero-order valence-corrected chi connectivity index (χ0v) is 11.3. The molecule has 1 aromatic carbocycles. The molecule has 1 atom stereocenters. The van der Waals surface area contributed by atoms with Crippen molar-refractivity contribution in [2.45, 2.75) is 26.3 Å². The molecule has 1 aromatic heterocycles. The zero-order chi connectivity index (χ0) is 11.8. The van der Waals surface area contributed by atoms with Crippen LogP contribution in [0, 0.1) is 5.92 Å². The molecule has 0 saturated heterocycles. The lowest BCUT2D eigenvalue weighted by Crippen LogP contribution is -2.17. The van der Waals surface area contributed by atoms with Gasteiger partial charge >= 0.3 is 0 Å². The maximum Gasteiger partial charge on any atom is 0.163 e. The average Bonchev–Trinajstić information content (AvgIpc) is 2.71. The Morgan fingerprint density at radius 3 is 3.06 bits per heavy atom. The van der Waals surface area contributed by atoms with E-state index in [9.17, 15) is 0 Å². The molecular weight excluding hydrogens is 278 g/mol. The molecule has 17 heavy (non-hydrogen) atoms. The van der Waals surface area contributed by atoms with Crippen LogP contribution in [0.3, 0.4) is 0 Å². The van der Waals surface area contributed by atoms with Crippen molar-refractivity contribution < 1.29 is 0 Å². The van der Waals surface area contributed by atoms with E-state index in [1.807, 2.05) is 12.1 Å². The van der Waals surface area contributed by atoms with Gasteiger partial charge in [-0.05, 0) is 24.5 Å². The van der Waals surface area contributed by atoms with E-state index in [2.05, 4.69) is 49.8 Å². The van der Waals surface area contributed by atoms with E-state index < -0.39 is 0 Å². The Balaban J connectivity index is 2.05. The van der Waals surface area contributed by atoms with Crippen LogP contribution in [0.1, 0.15) is 19.2 Å². The molecule has 88 valence electrons. The summed E-state index contributed by atoms with van der Waals surface area (Å²) < 4.78 is 3.33. The first-order chi connectivity index (χ1) is 8.24. The second-order valence-electron chi connectivity index (χ2n) is 4.70. The summed E-state index contributed by atoms with van der Waals surface area (Å²) in [6.45, 7) is 3.31. The maximum atomic E-state index is 4.34. The molecule has 0 saturated carbocycles. The Kier molecular flexibility index (Phi) is 2.74. The van der Waals surface area contributed by atoms with Crippen molar-refractivity contribution in [3.63, 3.8) is 0 Å². The summed E-state index contributed by atoms with van der Waals surface area (Å²) in [5.41, 5.74) is 1.13. The van der Waals surface area contributed by atoms with Crippen molar-refractivity contribution in [1.82, 2.24) is 14.8 Å². The van der Waals surface area contributed by atoms with Crippen LogP contribution in [-0.2, 0) is 13.0 Å². The fourth-order valence-corrected chi connectivity index (χ4v) is 2.72. The number of fused-ring (bicyclic) bond motifs is 1. The zero-order valence-electron chi connectivity index (χ0n) is 9.73. The van der Waals surface area contributed by atoms with Crippen molar-refractivity contribution in [1.29, 1.82) is 0 Å². The van der Waals surface area contributed by atoms with Gasteiger partial charge < -0.3 is 4.57 Å². The number of nitrogens with zero attached hydrogens (tertiary/aromatic N) is 3. The van der Waals surface area contributed by atoms with Gasteiger partial charge in [0.05, 0.1) is 0 Å². The Bertz CT molecular complexity index is 547. The molecule has 1 aliphatic rings. The molecule has 0 radical (unpaired) electrons. The predicted octanol–water partition coefficient (Wildman–Crippen LogP) is 3.29. The Morgan fingerprint density at radius 1 is 1.35 bits per heavy atom. The molecule has 0 bridgehead atoms. The summed E-state index contributed by atoms with van der Waals surface area (Å²) in [5, 5.41) is 8.65. The third kappa shape index (κ3) is 2.02. The van der Waals surface area contributed by atoms with Gasteiger partial charge in [0.15, 0.2) is 5.82 Å². The highest BCUT2D eigenvalue weighted by atomic mass is 79.9. The number of hydrogen-bond donors (Lipinski definition) is 0. The van der Waals surface area contributed by atoms with Crippen molar-refractivity contribution in [3.8, 4) is 11.4 Å². The van der Waals surface area contributed by atoms with Gasteiger partial charge in [0.25, 0.3) is 0 Å². The molecule has 0 N–H and O–H groups in total. The topological polar surface area (TPSA) is 30.7 Å². The first kappa shape index (κ1) is 11.0. The van der Waals surface area contributed by atoms with Gasteiger partial charge in [0.1, 0.15) is 5.82 Å². The SMILES string of the molecule is CC1CCn2c(nnc2-c2cccc(Br)c2)C1. The molecule has 4 heteroatoms. The summed E-state index contributed by atoms with van der Waals surface area (Å²) in [6, 6.07) is 8.24. The van der Waals surface area contributed by atoms with E-state index in [0.29, 0.717) is 0 Å². The second kappa shape index (κ2) is 4.26. The van der Waals surface area contributed by atoms with Crippen molar-refractivity contribution in [2.24, 2.45) is 5.92 Å². The molecule has 3 nitrogen and oxygen atoms in total. The van der Waals surface area contributed by atoms with Gasteiger partial charge in [-0.1, -0.05) is 35.0 Å². The van der Waals surface area contributed by atoms with Gasteiger partial charge in [0.2, 0.25) is 0 Å². The molecular formula is C13H14BrN3. The van der Waals surface area contributed by atoms with Crippen molar-refractivity contribution in [3.05, 3.63) is 34.6 Å². The van der Waals surface area contributed by atoms with Gasteiger partial charge in [-0.15, -0.1) is 10.2 Å². The van der Waals surface area contributed by atoms with Crippen LogP contribution in [-0.4, -0.2) is 14.8 Å². The van der Waals surface area contributed by atoms with Crippen molar-refractivity contribution in [2.75, 3.05) is 0 Å². The number of benzene rings is 1. The van der Waals surface area contributed by atoms with Crippen LogP contribution >= 0.6 is 15.9 Å². The van der Waals surface area contributed by atoms with Gasteiger partial charge in [-0.25, -0.2) is 0 Å². The summed E-state index contributed by atoms with van der Waals surface area (Å²) >= 11 is 3.50. The van der Waals surface area contributed by atoms with Crippen LogP contribution in [0.15, 0.2) is 28.7 Å². The van der Waals surface area contributed by atoms with Crippen LogP contribution in [0.4, 0.5) is 0 Å². The lowest BCUT2D eigenvalue weighted by Gasteiger charge is -2.20. The summed E-state index contributed by atoms with van der Waals surface area (Å²) in [4.78, 5) is 0. The molecule has 0 fully saturated rings. The number of halogens is 1.